The van der Waals surface area contributed by atoms with Crippen LogP contribution in [0.3, 0.4) is 0 Å². The maximum atomic E-state index is 12.4. The Hall–Kier alpha value is -0.310. The lowest BCUT2D eigenvalue weighted by Crippen LogP contribution is -2.50. The van der Waals surface area contributed by atoms with E-state index in [4.69, 9.17) is 4.74 Å². The Morgan fingerprint density at radius 1 is 1.03 bits per heavy atom. The molecule has 194 valence electrons. The standard InChI is InChI=1S/C31H51BrO2/c1-5-7-8-9-10-11-12-22-14-16-26-25-15-13-23-21-24(34-29(33)28(32)6-2)17-19-31(23,4)27(25)18-20-30(22,26)3/h13,22,24-28H,5-12,14-21H2,1-4H3/t22-,24-,25+,26-,27+,28+,30+,31-/m0/s1. The van der Waals surface area contributed by atoms with E-state index in [9.17, 15) is 4.79 Å². The van der Waals surface area contributed by atoms with Crippen molar-refractivity contribution in [2.24, 2.45) is 34.5 Å². The van der Waals surface area contributed by atoms with Crippen molar-refractivity contribution in [3.05, 3.63) is 11.6 Å². The molecule has 4 aliphatic rings. The first-order chi connectivity index (χ1) is 16.3. The Balaban J connectivity index is 1.37. The maximum absolute atomic E-state index is 12.4. The second-order valence-electron chi connectivity index (χ2n) is 12.8. The van der Waals surface area contributed by atoms with Gasteiger partial charge in [-0.3, -0.25) is 4.79 Å². The number of alkyl halides is 1. The zero-order chi connectivity index (χ0) is 24.3. The summed E-state index contributed by atoms with van der Waals surface area (Å²) >= 11 is 3.47. The predicted octanol–water partition coefficient (Wildman–Crippen LogP) is 9.40. The lowest BCUT2D eigenvalue weighted by Gasteiger charge is -2.58. The van der Waals surface area contributed by atoms with Crippen molar-refractivity contribution in [2.45, 2.75) is 141 Å². The van der Waals surface area contributed by atoms with Gasteiger partial charge in [0.15, 0.2) is 0 Å². The van der Waals surface area contributed by atoms with E-state index >= 15 is 0 Å². The minimum Gasteiger partial charge on any atom is -0.461 e. The Morgan fingerprint density at radius 2 is 1.79 bits per heavy atom. The van der Waals surface area contributed by atoms with E-state index in [-0.39, 0.29) is 16.9 Å². The third-order valence-electron chi connectivity index (χ3n) is 11.1. The van der Waals surface area contributed by atoms with Crippen molar-refractivity contribution in [3.8, 4) is 0 Å². The summed E-state index contributed by atoms with van der Waals surface area (Å²) in [4.78, 5) is 12.2. The van der Waals surface area contributed by atoms with Crippen LogP contribution in [-0.2, 0) is 9.53 Å². The summed E-state index contributed by atoms with van der Waals surface area (Å²) in [5, 5.41) is 0. The van der Waals surface area contributed by atoms with Crippen molar-refractivity contribution < 1.29 is 9.53 Å². The Bertz CT molecular complexity index is 731. The summed E-state index contributed by atoms with van der Waals surface area (Å²) in [5.41, 5.74) is 2.54. The second-order valence-corrected chi connectivity index (χ2v) is 13.9. The molecule has 8 atom stereocenters. The summed E-state index contributed by atoms with van der Waals surface area (Å²) < 4.78 is 5.92. The number of carbonyl (C=O) groups excluding carboxylic acids is 1. The van der Waals surface area contributed by atoms with Crippen LogP contribution >= 0.6 is 15.9 Å². The van der Waals surface area contributed by atoms with Gasteiger partial charge in [-0.25, -0.2) is 0 Å². The van der Waals surface area contributed by atoms with Crippen LogP contribution in [0.1, 0.15) is 130 Å². The third-order valence-corrected chi connectivity index (χ3v) is 12.1. The lowest BCUT2D eigenvalue weighted by molar-refractivity contribution is -0.150. The molecule has 2 nitrogen and oxygen atoms in total. The molecule has 0 aliphatic heterocycles. The van der Waals surface area contributed by atoms with Gasteiger partial charge in [0.25, 0.3) is 0 Å². The summed E-state index contributed by atoms with van der Waals surface area (Å²) in [5.74, 6) is 3.55. The number of hydrogen-bond acceptors (Lipinski definition) is 2. The van der Waals surface area contributed by atoms with Gasteiger partial charge < -0.3 is 4.74 Å². The first kappa shape index (κ1) is 26.7. The molecule has 0 heterocycles. The van der Waals surface area contributed by atoms with E-state index in [0.717, 1.165) is 42.9 Å². The molecule has 0 saturated heterocycles. The highest BCUT2D eigenvalue weighted by Gasteiger charge is 2.58. The molecule has 34 heavy (non-hydrogen) atoms. The number of fused-ring (bicyclic) bond motifs is 5. The van der Waals surface area contributed by atoms with Crippen LogP contribution in [0.15, 0.2) is 11.6 Å². The topological polar surface area (TPSA) is 26.3 Å². The van der Waals surface area contributed by atoms with Gasteiger partial charge in [0.1, 0.15) is 10.9 Å². The average molecular weight is 536 g/mol. The van der Waals surface area contributed by atoms with Gasteiger partial charge in [0.2, 0.25) is 0 Å². The largest absolute Gasteiger partial charge is 0.461 e. The van der Waals surface area contributed by atoms with Gasteiger partial charge in [-0.1, -0.05) is 93.8 Å². The van der Waals surface area contributed by atoms with Crippen LogP contribution in [0.5, 0.6) is 0 Å². The van der Waals surface area contributed by atoms with Crippen molar-refractivity contribution in [2.75, 3.05) is 0 Å². The highest BCUT2D eigenvalue weighted by molar-refractivity contribution is 9.10. The second kappa shape index (κ2) is 11.4. The number of allylic oxidation sites excluding steroid dienone is 1. The summed E-state index contributed by atoms with van der Waals surface area (Å²) in [6, 6.07) is 0. The zero-order valence-electron chi connectivity index (χ0n) is 22.5. The van der Waals surface area contributed by atoms with Crippen molar-refractivity contribution in [1.29, 1.82) is 0 Å². The summed E-state index contributed by atoms with van der Waals surface area (Å²) in [7, 11) is 0. The number of hydrogen-bond donors (Lipinski definition) is 0. The van der Waals surface area contributed by atoms with E-state index in [1.807, 2.05) is 6.92 Å². The third kappa shape index (κ3) is 5.21. The van der Waals surface area contributed by atoms with E-state index in [2.05, 4.69) is 42.8 Å². The van der Waals surface area contributed by atoms with Crippen molar-refractivity contribution in [3.63, 3.8) is 0 Å². The first-order valence-electron chi connectivity index (χ1n) is 14.9. The van der Waals surface area contributed by atoms with Crippen molar-refractivity contribution >= 4 is 21.9 Å². The van der Waals surface area contributed by atoms with Gasteiger partial charge in [-0.2, -0.15) is 0 Å². The normalized spacial score (nSPS) is 40.0. The number of unbranched alkanes of at least 4 members (excludes halogenated alkanes) is 5. The number of carbonyl (C=O) groups is 1. The van der Waals surface area contributed by atoms with Crippen LogP contribution < -0.4 is 0 Å². The lowest BCUT2D eigenvalue weighted by atomic mass is 9.47. The summed E-state index contributed by atoms with van der Waals surface area (Å²) in [6.45, 7) is 9.59. The van der Waals surface area contributed by atoms with Crippen LogP contribution in [0, 0.1) is 34.5 Å². The minimum atomic E-state index is -0.159. The van der Waals surface area contributed by atoms with E-state index in [0.29, 0.717) is 10.8 Å². The molecule has 0 aromatic carbocycles. The maximum Gasteiger partial charge on any atom is 0.319 e. The smallest absolute Gasteiger partial charge is 0.319 e. The minimum absolute atomic E-state index is 0.0683. The molecule has 3 heteroatoms. The fourth-order valence-electron chi connectivity index (χ4n) is 8.89. The molecular weight excluding hydrogens is 484 g/mol. The highest BCUT2D eigenvalue weighted by atomic mass is 79.9. The Morgan fingerprint density at radius 3 is 2.56 bits per heavy atom. The van der Waals surface area contributed by atoms with E-state index in [1.165, 1.54) is 83.5 Å². The van der Waals surface area contributed by atoms with Crippen molar-refractivity contribution in [1.82, 2.24) is 0 Å². The zero-order valence-corrected chi connectivity index (χ0v) is 24.1. The molecule has 0 N–H and O–H groups in total. The highest BCUT2D eigenvalue weighted by Crippen LogP contribution is 2.66. The van der Waals surface area contributed by atoms with Gasteiger partial charge in [-0.05, 0) is 92.3 Å². The Kier molecular flexibility index (Phi) is 8.96. The molecule has 0 spiro atoms. The fraction of sp³-hybridized carbons (Fsp3) is 0.903. The monoisotopic (exact) mass is 534 g/mol. The van der Waals surface area contributed by atoms with Gasteiger partial charge in [0.05, 0.1) is 0 Å². The molecule has 4 rings (SSSR count). The molecule has 0 bridgehead atoms. The predicted molar refractivity (Wildman–Crippen MR) is 146 cm³/mol. The van der Waals surface area contributed by atoms with Crippen LogP contribution in [-0.4, -0.2) is 16.9 Å². The molecular formula is C31H51BrO2. The number of rotatable bonds is 10. The van der Waals surface area contributed by atoms with Gasteiger partial charge in [-0.15, -0.1) is 0 Å². The molecule has 0 amide bonds. The average Bonchev–Trinajstić information content (AvgIpc) is 3.17. The molecule has 3 fully saturated rings. The summed E-state index contributed by atoms with van der Waals surface area (Å²) in [6.07, 6.45) is 23.8. The SMILES string of the molecule is CCCCCCCC[C@H]1CC[C@H]2[C@H]3CC=C4C[C@@H](OC(=O)[C@H](Br)CC)CC[C@]4(C)[C@@H]3CC[C@]12C. The first-order valence-corrected chi connectivity index (χ1v) is 15.8. The molecule has 3 saturated carbocycles. The van der Waals surface area contributed by atoms with Gasteiger partial charge in [0, 0.05) is 6.42 Å². The van der Waals surface area contributed by atoms with E-state index < -0.39 is 0 Å². The number of esters is 1. The Labute approximate surface area is 218 Å². The fourth-order valence-corrected chi connectivity index (χ4v) is 8.99. The molecule has 0 unspecified atom stereocenters. The van der Waals surface area contributed by atoms with Crippen LogP contribution in [0.2, 0.25) is 0 Å². The van der Waals surface area contributed by atoms with Crippen LogP contribution in [0.4, 0.5) is 0 Å². The number of halogens is 1. The van der Waals surface area contributed by atoms with Crippen LogP contribution in [0.25, 0.3) is 0 Å². The molecule has 4 aliphatic carbocycles. The molecule has 0 radical (unpaired) electrons. The van der Waals surface area contributed by atoms with E-state index in [1.54, 1.807) is 5.57 Å². The molecule has 0 aromatic rings. The number of ether oxygens (including phenoxy) is 1. The quantitative estimate of drug-likeness (QED) is 0.121. The molecule has 0 aromatic heterocycles. The van der Waals surface area contributed by atoms with Gasteiger partial charge >= 0.3 is 5.97 Å².